The molecular formula is C9H16ClNS. The van der Waals surface area contributed by atoms with Crippen LogP contribution in [-0.4, -0.2) is 6.04 Å². The summed E-state index contributed by atoms with van der Waals surface area (Å²) in [5.74, 6) is 0. The molecule has 1 rings (SSSR count). The highest BCUT2D eigenvalue weighted by Gasteiger charge is 1.99. The molecule has 1 N–H and O–H groups in total. The molecule has 0 aromatic carbocycles. The van der Waals surface area contributed by atoms with Gasteiger partial charge in [0.1, 0.15) is 0 Å². The number of thiophene rings is 1. The Balaban J connectivity index is 0.00000121. The SMILES string of the molecule is Cc1ccsc1CNC(C)C.Cl. The van der Waals surface area contributed by atoms with E-state index in [1.54, 1.807) is 0 Å². The Labute approximate surface area is 84.6 Å². The zero-order chi connectivity index (χ0) is 8.27. The molecule has 0 saturated heterocycles. The summed E-state index contributed by atoms with van der Waals surface area (Å²) >= 11 is 1.83. The topological polar surface area (TPSA) is 12.0 Å². The van der Waals surface area contributed by atoms with E-state index in [9.17, 15) is 0 Å². The third kappa shape index (κ3) is 3.57. The molecule has 0 fully saturated rings. The van der Waals surface area contributed by atoms with Crippen molar-refractivity contribution in [3.63, 3.8) is 0 Å². The summed E-state index contributed by atoms with van der Waals surface area (Å²) in [6, 6.07) is 2.75. The van der Waals surface area contributed by atoms with Crippen LogP contribution in [-0.2, 0) is 6.54 Å². The molecule has 70 valence electrons. The van der Waals surface area contributed by atoms with Crippen LogP contribution in [0.25, 0.3) is 0 Å². The fraction of sp³-hybridized carbons (Fsp3) is 0.556. The van der Waals surface area contributed by atoms with Crippen molar-refractivity contribution in [3.8, 4) is 0 Å². The zero-order valence-electron chi connectivity index (χ0n) is 7.76. The Morgan fingerprint density at radius 2 is 2.17 bits per heavy atom. The molecule has 0 bridgehead atoms. The first-order chi connectivity index (χ1) is 5.20. The van der Waals surface area contributed by atoms with Crippen molar-refractivity contribution in [1.82, 2.24) is 5.32 Å². The molecule has 0 saturated carbocycles. The second-order valence-electron chi connectivity index (χ2n) is 3.06. The highest BCUT2D eigenvalue weighted by Crippen LogP contribution is 2.14. The molecule has 0 aliphatic carbocycles. The number of halogens is 1. The van der Waals surface area contributed by atoms with E-state index in [1.165, 1.54) is 10.4 Å². The van der Waals surface area contributed by atoms with Crippen LogP contribution in [0.5, 0.6) is 0 Å². The van der Waals surface area contributed by atoms with Gasteiger partial charge in [0.05, 0.1) is 0 Å². The molecule has 0 atom stereocenters. The van der Waals surface area contributed by atoms with E-state index in [0.29, 0.717) is 6.04 Å². The summed E-state index contributed by atoms with van der Waals surface area (Å²) < 4.78 is 0. The third-order valence-electron chi connectivity index (χ3n) is 1.64. The van der Waals surface area contributed by atoms with Crippen LogP contribution in [0, 0.1) is 6.92 Å². The second-order valence-corrected chi connectivity index (χ2v) is 4.06. The van der Waals surface area contributed by atoms with Gasteiger partial charge in [0, 0.05) is 17.5 Å². The van der Waals surface area contributed by atoms with E-state index in [1.807, 2.05) is 11.3 Å². The van der Waals surface area contributed by atoms with Gasteiger partial charge >= 0.3 is 0 Å². The predicted molar refractivity (Wildman–Crippen MR) is 58.3 cm³/mol. The minimum atomic E-state index is 0. The van der Waals surface area contributed by atoms with Crippen molar-refractivity contribution in [3.05, 3.63) is 21.9 Å². The predicted octanol–water partition coefficient (Wildman–Crippen LogP) is 2.98. The Kier molecular flexibility index (Phi) is 5.55. The summed E-state index contributed by atoms with van der Waals surface area (Å²) in [5, 5.41) is 5.54. The van der Waals surface area contributed by atoms with Gasteiger partial charge in [-0.15, -0.1) is 23.7 Å². The normalized spacial score (nSPS) is 10.0. The van der Waals surface area contributed by atoms with Gasteiger partial charge in [-0.05, 0) is 23.9 Å². The van der Waals surface area contributed by atoms with Crippen LogP contribution >= 0.6 is 23.7 Å². The van der Waals surface area contributed by atoms with Crippen LogP contribution in [0.15, 0.2) is 11.4 Å². The maximum absolute atomic E-state index is 3.40. The fourth-order valence-electron chi connectivity index (χ4n) is 0.882. The molecule has 0 amide bonds. The first-order valence-corrected chi connectivity index (χ1v) is 4.84. The van der Waals surface area contributed by atoms with Gasteiger partial charge in [0.15, 0.2) is 0 Å². The lowest BCUT2D eigenvalue weighted by molar-refractivity contribution is 0.592. The lowest BCUT2D eigenvalue weighted by Crippen LogP contribution is -2.21. The zero-order valence-corrected chi connectivity index (χ0v) is 9.39. The molecule has 0 unspecified atom stereocenters. The minimum absolute atomic E-state index is 0. The average molecular weight is 206 g/mol. The number of nitrogens with one attached hydrogen (secondary N) is 1. The molecule has 12 heavy (non-hydrogen) atoms. The van der Waals surface area contributed by atoms with Crippen LogP contribution in [0.1, 0.15) is 24.3 Å². The van der Waals surface area contributed by atoms with E-state index in [4.69, 9.17) is 0 Å². The second kappa shape index (κ2) is 5.57. The highest BCUT2D eigenvalue weighted by atomic mass is 35.5. The van der Waals surface area contributed by atoms with Gasteiger partial charge < -0.3 is 5.32 Å². The average Bonchev–Trinajstić information content (AvgIpc) is 2.31. The smallest absolute Gasteiger partial charge is 0.0304 e. The van der Waals surface area contributed by atoms with Gasteiger partial charge in [-0.2, -0.15) is 0 Å². The molecular weight excluding hydrogens is 190 g/mol. The van der Waals surface area contributed by atoms with Crippen molar-refractivity contribution in [1.29, 1.82) is 0 Å². The standard InChI is InChI=1S/C9H15NS.ClH/c1-7(2)10-6-9-8(3)4-5-11-9;/h4-5,7,10H,6H2,1-3H3;1H. The van der Waals surface area contributed by atoms with Gasteiger partial charge in [0.2, 0.25) is 0 Å². The van der Waals surface area contributed by atoms with E-state index in [2.05, 4.69) is 37.5 Å². The van der Waals surface area contributed by atoms with E-state index in [0.717, 1.165) is 6.54 Å². The Hall–Kier alpha value is -0.0500. The number of hydrogen-bond donors (Lipinski definition) is 1. The maximum Gasteiger partial charge on any atom is 0.0304 e. The lowest BCUT2D eigenvalue weighted by Gasteiger charge is -2.06. The Morgan fingerprint density at radius 1 is 1.50 bits per heavy atom. The molecule has 3 heteroatoms. The summed E-state index contributed by atoms with van der Waals surface area (Å²) in [6.45, 7) is 7.51. The van der Waals surface area contributed by atoms with Crippen molar-refractivity contribution in [2.45, 2.75) is 33.4 Å². The molecule has 0 aliphatic heterocycles. The highest BCUT2D eigenvalue weighted by molar-refractivity contribution is 7.10. The monoisotopic (exact) mass is 205 g/mol. The molecule has 0 aliphatic rings. The minimum Gasteiger partial charge on any atom is -0.310 e. The molecule has 1 aromatic rings. The summed E-state index contributed by atoms with van der Waals surface area (Å²) in [7, 11) is 0. The molecule has 1 aromatic heterocycles. The first-order valence-electron chi connectivity index (χ1n) is 3.96. The summed E-state index contributed by atoms with van der Waals surface area (Å²) in [5.41, 5.74) is 1.41. The number of hydrogen-bond acceptors (Lipinski definition) is 2. The van der Waals surface area contributed by atoms with Crippen LogP contribution < -0.4 is 5.32 Å². The number of rotatable bonds is 3. The van der Waals surface area contributed by atoms with E-state index in [-0.39, 0.29) is 12.4 Å². The Morgan fingerprint density at radius 3 is 2.58 bits per heavy atom. The van der Waals surface area contributed by atoms with Gasteiger partial charge in [-0.25, -0.2) is 0 Å². The van der Waals surface area contributed by atoms with E-state index < -0.39 is 0 Å². The summed E-state index contributed by atoms with van der Waals surface area (Å²) in [4.78, 5) is 1.46. The number of aryl methyl sites for hydroxylation is 1. The van der Waals surface area contributed by atoms with Gasteiger partial charge in [-0.1, -0.05) is 13.8 Å². The molecule has 1 nitrogen and oxygen atoms in total. The first kappa shape index (κ1) is 11.9. The van der Waals surface area contributed by atoms with Crippen LogP contribution in [0.2, 0.25) is 0 Å². The third-order valence-corrected chi connectivity index (χ3v) is 2.66. The molecule has 1 heterocycles. The van der Waals surface area contributed by atoms with Crippen molar-refractivity contribution in [2.24, 2.45) is 0 Å². The lowest BCUT2D eigenvalue weighted by atomic mass is 10.3. The van der Waals surface area contributed by atoms with Crippen molar-refractivity contribution < 1.29 is 0 Å². The molecule has 0 radical (unpaired) electrons. The van der Waals surface area contributed by atoms with Gasteiger partial charge in [0.25, 0.3) is 0 Å². The van der Waals surface area contributed by atoms with Crippen molar-refractivity contribution in [2.75, 3.05) is 0 Å². The fourth-order valence-corrected chi connectivity index (χ4v) is 1.74. The van der Waals surface area contributed by atoms with E-state index >= 15 is 0 Å². The quantitative estimate of drug-likeness (QED) is 0.800. The van der Waals surface area contributed by atoms with Crippen molar-refractivity contribution >= 4 is 23.7 Å². The maximum atomic E-state index is 3.40. The largest absolute Gasteiger partial charge is 0.310 e. The molecule has 0 spiro atoms. The van der Waals surface area contributed by atoms with Crippen LogP contribution in [0.3, 0.4) is 0 Å². The summed E-state index contributed by atoms with van der Waals surface area (Å²) in [6.07, 6.45) is 0. The van der Waals surface area contributed by atoms with Crippen LogP contribution in [0.4, 0.5) is 0 Å². The Bertz CT molecular complexity index is 220. The van der Waals surface area contributed by atoms with Gasteiger partial charge in [-0.3, -0.25) is 0 Å².